The Balaban J connectivity index is 1.35. The van der Waals surface area contributed by atoms with Crippen LogP contribution in [0.2, 0.25) is 0 Å². The molecule has 1 aliphatic rings. The molecule has 1 N–H and O–H groups in total. The summed E-state index contributed by atoms with van der Waals surface area (Å²) in [6.07, 6.45) is 1.78. The third-order valence-electron chi connectivity index (χ3n) is 5.03. The SMILES string of the molecule is O=C(COc1ccc(S(=O)(=O)N2CCCC2)cc1)Nc1ccccc1Sc1ccccc1. The van der Waals surface area contributed by atoms with E-state index in [4.69, 9.17) is 4.74 Å². The number of carbonyl (C=O) groups excluding carboxylic acids is 1. The second-order valence-electron chi connectivity index (χ2n) is 7.33. The van der Waals surface area contributed by atoms with Crippen LogP contribution in [0.1, 0.15) is 12.8 Å². The van der Waals surface area contributed by atoms with Crippen LogP contribution in [0.4, 0.5) is 5.69 Å². The highest BCUT2D eigenvalue weighted by atomic mass is 32.2. The second-order valence-corrected chi connectivity index (χ2v) is 10.4. The maximum absolute atomic E-state index is 12.6. The smallest absolute Gasteiger partial charge is 0.262 e. The molecule has 0 aliphatic carbocycles. The summed E-state index contributed by atoms with van der Waals surface area (Å²) in [4.78, 5) is 14.7. The number of sulfonamides is 1. The van der Waals surface area contributed by atoms with E-state index in [-0.39, 0.29) is 17.4 Å². The molecule has 166 valence electrons. The van der Waals surface area contributed by atoms with Crippen molar-refractivity contribution in [2.24, 2.45) is 0 Å². The van der Waals surface area contributed by atoms with E-state index < -0.39 is 10.0 Å². The molecule has 6 nitrogen and oxygen atoms in total. The van der Waals surface area contributed by atoms with E-state index in [9.17, 15) is 13.2 Å². The van der Waals surface area contributed by atoms with Crippen LogP contribution in [-0.2, 0) is 14.8 Å². The average molecular weight is 469 g/mol. The first-order valence-electron chi connectivity index (χ1n) is 10.4. The molecule has 3 aromatic rings. The lowest BCUT2D eigenvalue weighted by Gasteiger charge is -2.15. The van der Waals surface area contributed by atoms with Crippen LogP contribution in [0.25, 0.3) is 0 Å². The number of hydrogen-bond donors (Lipinski definition) is 1. The molecule has 1 saturated heterocycles. The van der Waals surface area contributed by atoms with Crippen molar-refractivity contribution >= 4 is 33.4 Å². The third kappa shape index (κ3) is 5.51. The normalized spacial score (nSPS) is 14.2. The van der Waals surface area contributed by atoms with E-state index in [1.807, 2.05) is 54.6 Å². The quantitative estimate of drug-likeness (QED) is 0.521. The van der Waals surface area contributed by atoms with Crippen molar-refractivity contribution < 1.29 is 17.9 Å². The van der Waals surface area contributed by atoms with Gasteiger partial charge in [0, 0.05) is 22.9 Å². The Labute approximate surface area is 192 Å². The summed E-state index contributed by atoms with van der Waals surface area (Å²) in [5.41, 5.74) is 0.710. The van der Waals surface area contributed by atoms with Gasteiger partial charge in [0.1, 0.15) is 5.75 Å². The van der Waals surface area contributed by atoms with E-state index in [2.05, 4.69) is 5.32 Å². The molecule has 0 radical (unpaired) electrons. The first-order chi connectivity index (χ1) is 15.5. The van der Waals surface area contributed by atoms with Gasteiger partial charge in [-0.25, -0.2) is 8.42 Å². The zero-order valence-corrected chi connectivity index (χ0v) is 19.1. The monoisotopic (exact) mass is 468 g/mol. The van der Waals surface area contributed by atoms with Gasteiger partial charge < -0.3 is 10.1 Å². The highest BCUT2D eigenvalue weighted by Gasteiger charge is 2.26. The fourth-order valence-electron chi connectivity index (χ4n) is 3.39. The van der Waals surface area contributed by atoms with Gasteiger partial charge in [0.15, 0.2) is 6.61 Å². The molecule has 1 fully saturated rings. The summed E-state index contributed by atoms with van der Waals surface area (Å²) >= 11 is 1.57. The zero-order chi connectivity index (χ0) is 22.4. The van der Waals surface area contributed by atoms with E-state index in [1.165, 1.54) is 16.4 Å². The Hall–Kier alpha value is -2.81. The van der Waals surface area contributed by atoms with Crippen molar-refractivity contribution in [1.29, 1.82) is 0 Å². The average Bonchev–Trinajstić information content (AvgIpc) is 3.36. The van der Waals surface area contributed by atoms with Crippen molar-refractivity contribution in [3.8, 4) is 5.75 Å². The van der Waals surface area contributed by atoms with Crippen LogP contribution in [0, 0.1) is 0 Å². The Morgan fingerprint density at radius 3 is 2.28 bits per heavy atom. The Bertz CT molecular complexity index is 1160. The highest BCUT2D eigenvalue weighted by Crippen LogP contribution is 2.33. The lowest BCUT2D eigenvalue weighted by atomic mass is 10.3. The van der Waals surface area contributed by atoms with Crippen LogP contribution < -0.4 is 10.1 Å². The summed E-state index contributed by atoms with van der Waals surface area (Å²) in [5.74, 6) is 0.146. The largest absolute Gasteiger partial charge is 0.484 e. The number of para-hydroxylation sites is 1. The molecule has 0 bridgehead atoms. The maximum atomic E-state index is 12.6. The summed E-state index contributed by atoms with van der Waals surface area (Å²) in [5, 5.41) is 2.89. The number of benzene rings is 3. The predicted molar refractivity (Wildman–Crippen MR) is 126 cm³/mol. The number of anilines is 1. The lowest BCUT2D eigenvalue weighted by molar-refractivity contribution is -0.118. The van der Waals surface area contributed by atoms with Gasteiger partial charge in [-0.2, -0.15) is 4.31 Å². The fourth-order valence-corrected chi connectivity index (χ4v) is 5.83. The van der Waals surface area contributed by atoms with Crippen LogP contribution in [0.15, 0.2) is 93.5 Å². The lowest BCUT2D eigenvalue weighted by Crippen LogP contribution is -2.27. The molecular formula is C24H24N2O4S2. The molecule has 0 atom stereocenters. The van der Waals surface area contributed by atoms with Gasteiger partial charge in [-0.15, -0.1) is 0 Å². The van der Waals surface area contributed by atoms with Crippen LogP contribution in [-0.4, -0.2) is 38.3 Å². The number of carbonyl (C=O) groups is 1. The molecule has 0 unspecified atom stereocenters. The van der Waals surface area contributed by atoms with E-state index >= 15 is 0 Å². The summed E-state index contributed by atoms with van der Waals surface area (Å²) in [6.45, 7) is 0.943. The minimum Gasteiger partial charge on any atom is -0.484 e. The number of nitrogens with one attached hydrogen (secondary N) is 1. The van der Waals surface area contributed by atoms with Crippen molar-refractivity contribution in [2.45, 2.75) is 27.5 Å². The van der Waals surface area contributed by atoms with Crippen LogP contribution in [0.3, 0.4) is 0 Å². The van der Waals surface area contributed by atoms with E-state index in [0.717, 1.165) is 22.6 Å². The standard InChI is InChI=1S/C24H24N2O4S2/c27-24(25-22-10-4-5-11-23(22)31-20-8-2-1-3-9-20)18-30-19-12-14-21(15-13-19)32(28,29)26-16-6-7-17-26/h1-5,8-15H,6-7,16-18H2,(H,25,27). The first-order valence-corrected chi connectivity index (χ1v) is 12.6. The topological polar surface area (TPSA) is 75.7 Å². The molecule has 4 rings (SSSR count). The van der Waals surface area contributed by atoms with Crippen molar-refractivity contribution in [3.63, 3.8) is 0 Å². The highest BCUT2D eigenvalue weighted by molar-refractivity contribution is 7.99. The number of amides is 1. The van der Waals surface area contributed by atoms with Gasteiger partial charge in [-0.3, -0.25) is 4.79 Å². The Morgan fingerprint density at radius 2 is 1.56 bits per heavy atom. The van der Waals surface area contributed by atoms with Gasteiger partial charge in [0.25, 0.3) is 5.91 Å². The van der Waals surface area contributed by atoms with Gasteiger partial charge in [0.05, 0.1) is 10.6 Å². The summed E-state index contributed by atoms with van der Waals surface area (Å²) in [7, 11) is -3.46. The molecule has 0 spiro atoms. The summed E-state index contributed by atoms with van der Waals surface area (Å²) < 4.78 is 32.3. The van der Waals surface area contributed by atoms with E-state index in [0.29, 0.717) is 24.5 Å². The maximum Gasteiger partial charge on any atom is 0.262 e. The molecule has 1 heterocycles. The molecule has 8 heteroatoms. The van der Waals surface area contributed by atoms with Crippen molar-refractivity contribution in [2.75, 3.05) is 25.0 Å². The first kappa shape index (κ1) is 22.4. The minimum absolute atomic E-state index is 0.178. The van der Waals surface area contributed by atoms with Crippen LogP contribution >= 0.6 is 11.8 Å². The molecule has 0 saturated carbocycles. The molecular weight excluding hydrogens is 444 g/mol. The number of hydrogen-bond acceptors (Lipinski definition) is 5. The number of nitrogens with zero attached hydrogens (tertiary/aromatic N) is 1. The number of rotatable bonds is 8. The summed E-state index contributed by atoms with van der Waals surface area (Å²) in [6, 6.07) is 23.7. The Kier molecular flexibility index (Phi) is 7.14. The third-order valence-corrected chi connectivity index (χ3v) is 8.03. The van der Waals surface area contributed by atoms with Crippen molar-refractivity contribution in [1.82, 2.24) is 4.31 Å². The Morgan fingerprint density at radius 1 is 0.906 bits per heavy atom. The zero-order valence-electron chi connectivity index (χ0n) is 17.4. The molecule has 32 heavy (non-hydrogen) atoms. The number of ether oxygens (including phenoxy) is 1. The second kappa shape index (κ2) is 10.2. The van der Waals surface area contributed by atoms with Gasteiger partial charge in [0.2, 0.25) is 10.0 Å². The van der Waals surface area contributed by atoms with Gasteiger partial charge in [-0.1, -0.05) is 42.1 Å². The van der Waals surface area contributed by atoms with Crippen LogP contribution in [0.5, 0.6) is 5.75 Å². The van der Waals surface area contributed by atoms with Gasteiger partial charge >= 0.3 is 0 Å². The predicted octanol–water partition coefficient (Wildman–Crippen LogP) is 4.64. The molecule has 1 aliphatic heterocycles. The molecule has 0 aromatic heterocycles. The minimum atomic E-state index is -3.46. The van der Waals surface area contributed by atoms with E-state index in [1.54, 1.807) is 23.9 Å². The molecule has 1 amide bonds. The fraction of sp³-hybridized carbons (Fsp3) is 0.208. The molecule has 3 aromatic carbocycles. The van der Waals surface area contributed by atoms with Gasteiger partial charge in [-0.05, 0) is 61.4 Å². The van der Waals surface area contributed by atoms with Crippen molar-refractivity contribution in [3.05, 3.63) is 78.9 Å².